The fraction of sp³-hybridized carbons (Fsp3) is 0.214. The Morgan fingerprint density at radius 2 is 1.89 bits per heavy atom. The van der Waals surface area contributed by atoms with Crippen molar-refractivity contribution in [2.45, 2.75) is 24.3 Å². The van der Waals surface area contributed by atoms with Crippen molar-refractivity contribution in [1.29, 1.82) is 0 Å². The third-order valence-corrected chi connectivity index (χ3v) is 7.63. The van der Waals surface area contributed by atoms with Gasteiger partial charge >= 0.3 is 0 Å². The molecule has 3 atom stereocenters. The predicted molar refractivity (Wildman–Crippen MR) is 136 cm³/mol. The van der Waals surface area contributed by atoms with E-state index >= 15 is 4.39 Å². The molecule has 1 saturated carbocycles. The number of nitrogen functional groups attached to an aromatic ring is 1. The second kappa shape index (κ2) is 7.99. The maximum Gasteiger partial charge on any atom is 0.257 e. The second-order valence-corrected chi connectivity index (χ2v) is 9.74. The Kier molecular flexibility index (Phi) is 4.69. The monoisotopic (exact) mass is 494 g/mol. The number of hydrogen-bond donors (Lipinski definition) is 1. The number of nitrogens with zero attached hydrogens (tertiary/aromatic N) is 5. The number of carbonyl (C=O) groups excluding carboxylic acids is 1. The molecule has 1 aliphatic heterocycles. The molecular formula is C28H23FN6O2. The molecule has 1 unspecified atom stereocenters. The van der Waals surface area contributed by atoms with E-state index in [9.17, 15) is 4.79 Å². The number of nitrogens with two attached hydrogens (primary N) is 1. The van der Waals surface area contributed by atoms with Gasteiger partial charge in [-0.15, -0.1) is 0 Å². The largest absolute Gasteiger partial charge is 0.491 e. The number of likely N-dealkylation sites (N-methyl/N-ethyl adjacent to an activating group) is 1. The quantitative estimate of drug-likeness (QED) is 0.396. The van der Waals surface area contributed by atoms with E-state index < -0.39 is 11.7 Å². The minimum atomic E-state index is -0.652. The Morgan fingerprint density at radius 1 is 1.08 bits per heavy atom. The standard InChI is InChI=1S/C28H23FN6O2/c1-34(28(36)20-10-23-22(11-21(20)29)33-27(30)24-12-32-14-35(23)24)25-13-37-26-8-16(2-3-17(25)26)19-9-18(19)15-4-6-31-7-5-15/h2-8,10-12,14,18-19,25H,9,13H2,1H3,(H2,30,33)/t18-,19?,25+/m0/s1. The van der Waals surface area contributed by atoms with Gasteiger partial charge in [0, 0.05) is 31.1 Å². The van der Waals surface area contributed by atoms with Crippen molar-refractivity contribution < 1.29 is 13.9 Å². The first-order chi connectivity index (χ1) is 18.0. The minimum absolute atomic E-state index is 0.0418. The summed E-state index contributed by atoms with van der Waals surface area (Å²) in [7, 11) is 1.68. The van der Waals surface area contributed by atoms with Crippen LogP contribution in [0.15, 0.2) is 67.4 Å². The Bertz CT molecular complexity index is 1700. The summed E-state index contributed by atoms with van der Waals surface area (Å²) in [5.74, 6) is 0.879. The molecule has 0 bridgehead atoms. The Hall–Kier alpha value is -4.53. The molecule has 7 rings (SSSR count). The van der Waals surface area contributed by atoms with Crippen LogP contribution in [0.5, 0.6) is 5.75 Å². The fourth-order valence-electron chi connectivity index (χ4n) is 5.50. The zero-order chi connectivity index (χ0) is 25.3. The van der Waals surface area contributed by atoms with Crippen molar-refractivity contribution in [2.75, 3.05) is 19.4 Å². The molecule has 4 heterocycles. The number of benzene rings is 2. The summed E-state index contributed by atoms with van der Waals surface area (Å²) >= 11 is 0. The zero-order valence-electron chi connectivity index (χ0n) is 20.0. The summed E-state index contributed by atoms with van der Waals surface area (Å²) in [4.78, 5) is 27.5. The van der Waals surface area contributed by atoms with Crippen LogP contribution in [0.4, 0.5) is 10.2 Å². The van der Waals surface area contributed by atoms with Crippen molar-refractivity contribution in [3.05, 3.63) is 95.5 Å². The molecule has 0 saturated heterocycles. The van der Waals surface area contributed by atoms with Gasteiger partial charge in [0.15, 0.2) is 0 Å². The Morgan fingerprint density at radius 3 is 2.73 bits per heavy atom. The van der Waals surface area contributed by atoms with Crippen molar-refractivity contribution in [2.24, 2.45) is 0 Å². The van der Waals surface area contributed by atoms with Crippen LogP contribution in [-0.4, -0.2) is 43.8 Å². The van der Waals surface area contributed by atoms with Gasteiger partial charge in [0.2, 0.25) is 0 Å². The summed E-state index contributed by atoms with van der Waals surface area (Å²) in [5, 5.41) is 0. The van der Waals surface area contributed by atoms with Gasteiger partial charge in [-0.3, -0.25) is 14.2 Å². The maximum atomic E-state index is 15.1. The van der Waals surface area contributed by atoms with Crippen molar-refractivity contribution in [3.8, 4) is 5.75 Å². The van der Waals surface area contributed by atoms with E-state index in [0.29, 0.717) is 35.0 Å². The molecule has 1 aliphatic carbocycles. The number of imidazole rings is 1. The number of hydrogen-bond acceptors (Lipinski definition) is 6. The SMILES string of the molecule is CN(C(=O)c1cc2c(cc1F)nc(N)c1cncn12)[C@@H]1COc2cc(C3C[C@H]3c3ccncc3)ccc21. The van der Waals surface area contributed by atoms with Crippen LogP contribution in [0.1, 0.15) is 51.3 Å². The average Bonchev–Trinajstić information content (AvgIpc) is 3.35. The summed E-state index contributed by atoms with van der Waals surface area (Å²) in [6.45, 7) is 0.318. The van der Waals surface area contributed by atoms with Gasteiger partial charge in [-0.2, -0.15) is 0 Å². The number of anilines is 1. The lowest BCUT2D eigenvalue weighted by Crippen LogP contribution is -2.32. The van der Waals surface area contributed by atoms with Gasteiger partial charge in [-0.25, -0.2) is 14.4 Å². The molecule has 3 aromatic heterocycles. The average molecular weight is 495 g/mol. The van der Waals surface area contributed by atoms with Gasteiger partial charge in [0.25, 0.3) is 5.91 Å². The first-order valence-electron chi connectivity index (χ1n) is 12.1. The van der Waals surface area contributed by atoms with Crippen LogP contribution in [0.3, 0.4) is 0 Å². The molecule has 2 aliphatic rings. The molecule has 2 N–H and O–H groups in total. The molecular weight excluding hydrogens is 471 g/mol. The van der Waals surface area contributed by atoms with Crippen LogP contribution in [0, 0.1) is 5.82 Å². The van der Waals surface area contributed by atoms with Gasteiger partial charge in [0.05, 0.1) is 35.2 Å². The maximum absolute atomic E-state index is 15.1. The molecule has 37 heavy (non-hydrogen) atoms. The number of fused-ring (bicyclic) bond motifs is 4. The van der Waals surface area contributed by atoms with E-state index in [0.717, 1.165) is 17.7 Å². The number of rotatable bonds is 4. The van der Waals surface area contributed by atoms with E-state index in [4.69, 9.17) is 10.5 Å². The van der Waals surface area contributed by atoms with Crippen LogP contribution in [0.2, 0.25) is 0 Å². The Labute approximate surface area is 211 Å². The first-order valence-corrected chi connectivity index (χ1v) is 12.1. The van der Waals surface area contributed by atoms with Crippen LogP contribution >= 0.6 is 0 Å². The van der Waals surface area contributed by atoms with Crippen LogP contribution in [0.25, 0.3) is 16.6 Å². The summed E-state index contributed by atoms with van der Waals surface area (Å²) in [6.07, 6.45) is 7.91. The molecule has 5 aromatic rings. The molecule has 1 amide bonds. The molecule has 184 valence electrons. The number of aromatic nitrogens is 4. The first kappa shape index (κ1) is 21.7. The fourth-order valence-corrected chi connectivity index (χ4v) is 5.50. The highest BCUT2D eigenvalue weighted by Gasteiger charge is 2.40. The third kappa shape index (κ3) is 3.41. The summed E-state index contributed by atoms with van der Waals surface area (Å²) < 4.78 is 22.8. The highest BCUT2D eigenvalue weighted by atomic mass is 19.1. The predicted octanol–water partition coefficient (Wildman–Crippen LogP) is 4.48. The van der Waals surface area contributed by atoms with E-state index in [1.807, 2.05) is 18.5 Å². The topological polar surface area (TPSA) is 98.6 Å². The van der Waals surface area contributed by atoms with E-state index in [-0.39, 0.29) is 17.4 Å². The smallest absolute Gasteiger partial charge is 0.257 e. The lowest BCUT2D eigenvalue weighted by atomic mass is 10.0. The number of amides is 1. The number of pyridine rings is 1. The highest BCUT2D eigenvalue weighted by Crippen LogP contribution is 2.55. The molecule has 2 aromatic carbocycles. The summed E-state index contributed by atoms with van der Waals surface area (Å²) in [6, 6.07) is 12.8. The van der Waals surface area contributed by atoms with Gasteiger partial charge in [-0.1, -0.05) is 12.1 Å². The lowest BCUT2D eigenvalue weighted by molar-refractivity contribution is 0.0704. The third-order valence-electron chi connectivity index (χ3n) is 7.63. The van der Waals surface area contributed by atoms with Crippen molar-refractivity contribution >= 4 is 28.3 Å². The van der Waals surface area contributed by atoms with Crippen LogP contribution < -0.4 is 10.5 Å². The van der Waals surface area contributed by atoms with E-state index in [1.165, 1.54) is 23.3 Å². The van der Waals surface area contributed by atoms with Crippen LogP contribution in [-0.2, 0) is 0 Å². The number of halogens is 1. The summed E-state index contributed by atoms with van der Waals surface area (Å²) in [5.41, 5.74) is 10.9. The number of carbonyl (C=O) groups is 1. The molecule has 1 fully saturated rings. The van der Waals surface area contributed by atoms with Gasteiger partial charge < -0.3 is 15.4 Å². The molecule has 9 heteroatoms. The van der Waals surface area contributed by atoms with E-state index in [1.54, 1.807) is 28.9 Å². The Balaban J connectivity index is 1.17. The van der Waals surface area contributed by atoms with Crippen molar-refractivity contribution in [3.63, 3.8) is 0 Å². The normalized spacial score (nSPS) is 20.1. The number of ether oxygens (including phenoxy) is 1. The van der Waals surface area contributed by atoms with Gasteiger partial charge in [-0.05, 0) is 53.6 Å². The van der Waals surface area contributed by atoms with Gasteiger partial charge in [0.1, 0.15) is 29.5 Å². The van der Waals surface area contributed by atoms with Crippen molar-refractivity contribution in [1.82, 2.24) is 24.3 Å². The zero-order valence-corrected chi connectivity index (χ0v) is 20.0. The second-order valence-electron chi connectivity index (χ2n) is 9.74. The molecule has 0 spiro atoms. The molecule has 0 radical (unpaired) electrons. The van der Waals surface area contributed by atoms with E-state index in [2.05, 4.69) is 39.2 Å². The molecule has 8 nitrogen and oxygen atoms in total. The lowest BCUT2D eigenvalue weighted by Gasteiger charge is -2.24. The highest BCUT2D eigenvalue weighted by molar-refractivity contribution is 5.98. The minimum Gasteiger partial charge on any atom is -0.491 e.